The van der Waals surface area contributed by atoms with Crippen molar-refractivity contribution < 1.29 is 0 Å². The monoisotopic (exact) mass is 406 g/mol. The van der Waals surface area contributed by atoms with Crippen molar-refractivity contribution in [2.45, 2.75) is 13.1 Å². The third-order valence-electron chi connectivity index (χ3n) is 0.825. The first-order valence-corrected chi connectivity index (χ1v) is 18.0. The molecule has 0 rings (SSSR count). The van der Waals surface area contributed by atoms with Crippen molar-refractivity contribution in [3.8, 4) is 0 Å². The predicted octanol–water partition coefficient (Wildman–Crippen LogP) is -1.12. The van der Waals surface area contributed by atoms with E-state index in [4.69, 9.17) is 0 Å². The quantitative estimate of drug-likeness (QED) is 0.488. The van der Waals surface area contributed by atoms with Crippen LogP contribution in [0.2, 0.25) is 13.1 Å². The van der Waals surface area contributed by atoms with Gasteiger partial charge < -0.3 is 0 Å². The molecule has 0 bridgehead atoms. The Hall–Kier alpha value is 2.51. The second kappa shape index (κ2) is 3.27. The van der Waals surface area contributed by atoms with E-state index in [1.54, 1.807) is 0 Å². The van der Waals surface area contributed by atoms with Crippen LogP contribution in [0.15, 0.2) is 0 Å². The zero-order chi connectivity index (χ0) is 7.00. The van der Waals surface area contributed by atoms with Gasteiger partial charge in [-0.3, -0.25) is 0 Å². The first kappa shape index (κ1) is 10.5. The zero-order valence-corrected chi connectivity index (χ0v) is 13.5. The van der Waals surface area contributed by atoms with Crippen molar-refractivity contribution in [2.75, 3.05) is 0 Å². The number of hydrogen-bond acceptors (Lipinski definition) is 0. The first-order chi connectivity index (χ1) is 3.25. The van der Waals surface area contributed by atoms with E-state index < -0.39 is 9.61 Å². The van der Waals surface area contributed by atoms with Crippen molar-refractivity contribution in [1.29, 1.82) is 0 Å². The molecular formula is C2H6Se4Si2. The third kappa shape index (κ3) is 3.62. The molecule has 0 unspecified atom stereocenters. The summed E-state index contributed by atoms with van der Waals surface area (Å²) in [5.74, 6) is 0. The van der Waals surface area contributed by atoms with Crippen LogP contribution in [0, 0.1) is 0 Å². The molecule has 4 radical (unpaired) electrons. The van der Waals surface area contributed by atoms with E-state index in [0.717, 1.165) is 0 Å². The molecule has 0 spiro atoms. The second-order valence-electron chi connectivity index (χ2n) is 1.89. The van der Waals surface area contributed by atoms with Crippen LogP contribution in [-0.2, 0) is 0 Å². The molecule has 0 aromatic rings. The summed E-state index contributed by atoms with van der Waals surface area (Å²) in [5, 5.41) is 0. The standard InChI is InChI=1S/C2H6Se4Si2/c1-7(3,4)8(2,5)6/h1-2H3. The Morgan fingerprint density at radius 1 is 0.750 bits per heavy atom. The summed E-state index contributed by atoms with van der Waals surface area (Å²) in [7, 11) is 0. The van der Waals surface area contributed by atoms with Gasteiger partial charge in [0, 0.05) is 0 Å². The Labute approximate surface area is 83.2 Å². The Bertz CT molecular complexity index is 67.0. The molecule has 0 fully saturated rings. The van der Waals surface area contributed by atoms with Gasteiger partial charge in [-0.25, -0.2) is 0 Å². The van der Waals surface area contributed by atoms with Gasteiger partial charge in [-0.15, -0.1) is 0 Å². The molecule has 0 N–H and O–H groups in total. The first-order valence-electron chi connectivity index (χ1n) is 2.07. The molecule has 0 atom stereocenters. The summed E-state index contributed by atoms with van der Waals surface area (Å²) in [4.78, 5) is -2.16. The van der Waals surface area contributed by atoms with Crippen LogP contribution in [0.1, 0.15) is 0 Å². The van der Waals surface area contributed by atoms with Gasteiger partial charge in [-0.1, -0.05) is 0 Å². The molecule has 8 heavy (non-hydrogen) atoms. The fourth-order valence-corrected chi connectivity index (χ4v) is 0. The summed E-state index contributed by atoms with van der Waals surface area (Å²) in [6.07, 6.45) is 0. The average molecular weight is 402 g/mol. The van der Waals surface area contributed by atoms with Crippen molar-refractivity contribution in [1.82, 2.24) is 0 Å². The average Bonchev–Trinajstić information content (AvgIpc) is 1.25. The van der Waals surface area contributed by atoms with E-state index in [-0.39, 0.29) is 0 Å². The van der Waals surface area contributed by atoms with Gasteiger partial charge in [0.05, 0.1) is 0 Å². The number of hydrogen-bond donors (Lipinski definition) is 0. The maximum absolute atomic E-state index is 3.24. The second-order valence-corrected chi connectivity index (χ2v) is 49.8. The number of rotatable bonds is 1. The molecule has 6 heteroatoms. The van der Waals surface area contributed by atoms with Crippen molar-refractivity contribution in [2.24, 2.45) is 0 Å². The van der Waals surface area contributed by atoms with Gasteiger partial charge >= 0.3 is 84.2 Å². The summed E-state index contributed by atoms with van der Waals surface area (Å²) in [6, 6.07) is 0. The Morgan fingerprint density at radius 2 is 0.875 bits per heavy atom. The van der Waals surface area contributed by atoms with Crippen molar-refractivity contribution in [3.63, 3.8) is 0 Å². The molecule has 0 amide bonds. The molecule has 0 aliphatic rings. The van der Waals surface area contributed by atoms with Crippen LogP contribution in [-0.4, -0.2) is 71.1 Å². The van der Waals surface area contributed by atoms with E-state index in [1.807, 2.05) is 0 Å². The van der Waals surface area contributed by atoms with E-state index in [2.05, 4.69) is 74.6 Å². The van der Waals surface area contributed by atoms with E-state index in [1.165, 1.54) is 0 Å². The summed E-state index contributed by atoms with van der Waals surface area (Å²) in [5.41, 5.74) is 0. The summed E-state index contributed by atoms with van der Waals surface area (Å²) < 4.78 is 0. The molecule has 0 saturated heterocycles. The van der Waals surface area contributed by atoms with Crippen LogP contribution in [0.3, 0.4) is 0 Å². The van der Waals surface area contributed by atoms with Gasteiger partial charge in [0.2, 0.25) is 0 Å². The van der Waals surface area contributed by atoms with Crippen LogP contribution in [0.25, 0.3) is 0 Å². The van der Waals surface area contributed by atoms with Crippen LogP contribution >= 0.6 is 0 Å². The zero-order valence-electron chi connectivity index (χ0n) is 4.63. The minimum atomic E-state index is -1.08. The van der Waals surface area contributed by atoms with Crippen molar-refractivity contribution >= 4 is 71.1 Å². The van der Waals surface area contributed by atoms with E-state index in [9.17, 15) is 0 Å². The molecule has 0 aromatic carbocycles. The molecule has 0 heterocycles. The maximum atomic E-state index is 3.24. The molecule has 0 saturated carbocycles. The molecular weight excluding hydrogens is 396 g/mol. The van der Waals surface area contributed by atoms with Gasteiger partial charge in [0.1, 0.15) is 0 Å². The summed E-state index contributed by atoms with van der Waals surface area (Å²) >= 11 is 13.0. The fourth-order valence-electron chi connectivity index (χ4n) is 0. The minimum absolute atomic E-state index is 1.08. The fraction of sp³-hybridized carbons (Fsp3) is 1.00. The SMILES string of the molecule is C[Si]([Se])([Se])[Si](C)([Se])[Se]. The van der Waals surface area contributed by atoms with E-state index >= 15 is 0 Å². The van der Waals surface area contributed by atoms with Crippen LogP contribution < -0.4 is 0 Å². The topological polar surface area (TPSA) is 0 Å². The van der Waals surface area contributed by atoms with Gasteiger partial charge in [-0.2, -0.15) is 0 Å². The van der Waals surface area contributed by atoms with Gasteiger partial charge in [-0.05, 0) is 0 Å². The van der Waals surface area contributed by atoms with Crippen LogP contribution in [0.5, 0.6) is 0 Å². The molecule has 46 valence electrons. The van der Waals surface area contributed by atoms with Gasteiger partial charge in [0.25, 0.3) is 0 Å². The third-order valence-corrected chi connectivity index (χ3v) is 61.8. The molecule has 0 aromatic heterocycles. The molecule has 0 aliphatic carbocycles. The summed E-state index contributed by atoms with van der Waals surface area (Å²) in [6.45, 7) is 4.60. The Kier molecular flexibility index (Phi) is 4.30. The Balaban J connectivity index is 4.02. The predicted molar refractivity (Wildman–Crippen MR) is 46.3 cm³/mol. The molecule has 0 nitrogen and oxygen atoms in total. The normalized spacial score (nSPS) is 14.2. The molecule has 0 aliphatic heterocycles. The van der Waals surface area contributed by atoms with Gasteiger partial charge in [0.15, 0.2) is 0 Å². The van der Waals surface area contributed by atoms with Crippen LogP contribution in [0.4, 0.5) is 0 Å². The van der Waals surface area contributed by atoms with E-state index in [0.29, 0.717) is 0 Å². The van der Waals surface area contributed by atoms with Crippen molar-refractivity contribution in [3.05, 3.63) is 0 Å². The Morgan fingerprint density at radius 3 is 0.875 bits per heavy atom.